The third kappa shape index (κ3) is 4.41. The van der Waals surface area contributed by atoms with Crippen LogP contribution in [0.4, 0.5) is 0 Å². The van der Waals surface area contributed by atoms with Gasteiger partial charge in [-0.25, -0.2) is 0 Å². The summed E-state index contributed by atoms with van der Waals surface area (Å²) in [6.07, 6.45) is 1.09. The van der Waals surface area contributed by atoms with E-state index in [1.807, 2.05) is 36.4 Å². The number of benzene rings is 2. The first-order valence-electron chi connectivity index (χ1n) is 7.80. The maximum atomic E-state index is 6.00. The van der Waals surface area contributed by atoms with Crippen molar-refractivity contribution in [3.8, 4) is 0 Å². The van der Waals surface area contributed by atoms with Gasteiger partial charge in [-0.15, -0.1) is 0 Å². The van der Waals surface area contributed by atoms with Gasteiger partial charge in [0.1, 0.15) is 6.10 Å². The van der Waals surface area contributed by atoms with Crippen molar-refractivity contribution in [2.75, 3.05) is 13.2 Å². The minimum absolute atomic E-state index is 0.0347. The van der Waals surface area contributed by atoms with Crippen molar-refractivity contribution in [1.29, 1.82) is 0 Å². The zero-order chi connectivity index (χ0) is 15.0. The number of rotatable bonds is 7. The lowest BCUT2D eigenvalue weighted by Gasteiger charge is -2.19. The lowest BCUT2D eigenvalue weighted by molar-refractivity contribution is -0.0595. The normalized spacial score (nSPS) is 21.1. The molecule has 22 heavy (non-hydrogen) atoms. The van der Waals surface area contributed by atoms with E-state index in [4.69, 9.17) is 14.2 Å². The molecule has 1 fully saturated rings. The van der Waals surface area contributed by atoms with Crippen molar-refractivity contribution in [2.45, 2.75) is 31.8 Å². The van der Waals surface area contributed by atoms with Crippen molar-refractivity contribution in [3.05, 3.63) is 71.8 Å². The third-order valence-corrected chi connectivity index (χ3v) is 3.85. The van der Waals surface area contributed by atoms with Crippen LogP contribution in [0.3, 0.4) is 0 Å². The Morgan fingerprint density at radius 1 is 0.864 bits per heavy atom. The van der Waals surface area contributed by atoms with Gasteiger partial charge in [0.25, 0.3) is 0 Å². The van der Waals surface area contributed by atoms with E-state index in [1.165, 1.54) is 11.1 Å². The summed E-state index contributed by atoms with van der Waals surface area (Å²) in [5.41, 5.74) is 2.38. The molecular weight excluding hydrogens is 276 g/mol. The molecule has 0 bridgehead atoms. The molecular formula is C19H22O3. The Morgan fingerprint density at radius 3 is 2.18 bits per heavy atom. The van der Waals surface area contributed by atoms with Gasteiger partial charge in [-0.3, -0.25) is 0 Å². The lowest BCUT2D eigenvalue weighted by Crippen LogP contribution is -2.29. The molecule has 0 N–H and O–H groups in total. The maximum absolute atomic E-state index is 6.00. The summed E-state index contributed by atoms with van der Waals surface area (Å²) in [6, 6.07) is 20.4. The van der Waals surface area contributed by atoms with E-state index >= 15 is 0 Å². The fourth-order valence-electron chi connectivity index (χ4n) is 2.62. The average Bonchev–Trinajstić information content (AvgIpc) is 3.02. The van der Waals surface area contributed by atoms with Gasteiger partial charge in [-0.2, -0.15) is 0 Å². The van der Waals surface area contributed by atoms with Gasteiger partial charge < -0.3 is 14.2 Å². The predicted molar refractivity (Wildman–Crippen MR) is 85.5 cm³/mol. The Labute approximate surface area is 131 Å². The molecule has 2 aromatic rings. The lowest BCUT2D eigenvalue weighted by atomic mass is 10.2. The molecule has 1 saturated heterocycles. The Balaban J connectivity index is 1.42. The smallest absolute Gasteiger partial charge is 0.107 e. The van der Waals surface area contributed by atoms with E-state index < -0.39 is 0 Å². The molecule has 3 heteroatoms. The van der Waals surface area contributed by atoms with Crippen LogP contribution in [0.15, 0.2) is 60.7 Å². The highest BCUT2D eigenvalue weighted by atomic mass is 16.6. The number of hydrogen-bond acceptors (Lipinski definition) is 3. The first-order valence-corrected chi connectivity index (χ1v) is 7.80. The second-order valence-electron chi connectivity index (χ2n) is 5.53. The molecule has 0 unspecified atom stereocenters. The molecule has 0 amide bonds. The second-order valence-corrected chi connectivity index (χ2v) is 5.53. The van der Waals surface area contributed by atoms with E-state index in [1.54, 1.807) is 0 Å². The highest BCUT2D eigenvalue weighted by Gasteiger charge is 2.29. The first-order chi connectivity index (χ1) is 10.9. The predicted octanol–water partition coefficient (Wildman–Crippen LogP) is 3.58. The summed E-state index contributed by atoms with van der Waals surface area (Å²) < 4.78 is 17.5. The van der Waals surface area contributed by atoms with Crippen LogP contribution in [0.2, 0.25) is 0 Å². The number of ether oxygens (including phenoxy) is 3. The highest BCUT2D eigenvalue weighted by molar-refractivity contribution is 5.14. The van der Waals surface area contributed by atoms with Crippen LogP contribution in [0, 0.1) is 0 Å². The highest BCUT2D eigenvalue weighted by Crippen LogP contribution is 2.19. The van der Waals surface area contributed by atoms with Gasteiger partial charge in [-0.05, 0) is 17.5 Å². The Bertz CT molecular complexity index is 541. The molecule has 0 aromatic heterocycles. The van der Waals surface area contributed by atoms with E-state index in [0.717, 1.165) is 13.0 Å². The fraction of sp³-hybridized carbons (Fsp3) is 0.368. The number of hydrogen-bond donors (Lipinski definition) is 0. The molecule has 1 aliphatic heterocycles. The summed E-state index contributed by atoms with van der Waals surface area (Å²) in [6.45, 7) is 2.57. The van der Waals surface area contributed by atoms with Crippen LogP contribution in [0.25, 0.3) is 0 Å². The molecule has 3 rings (SSSR count). The van der Waals surface area contributed by atoms with Gasteiger partial charge in [0.15, 0.2) is 0 Å². The van der Waals surface area contributed by atoms with Crippen molar-refractivity contribution in [1.82, 2.24) is 0 Å². The molecule has 3 nitrogen and oxygen atoms in total. The second kappa shape index (κ2) is 8.08. The quantitative estimate of drug-likeness (QED) is 0.782. The summed E-state index contributed by atoms with van der Waals surface area (Å²) in [5.74, 6) is 0. The molecule has 0 saturated carbocycles. The van der Waals surface area contributed by atoms with E-state index in [0.29, 0.717) is 19.8 Å². The molecule has 0 spiro atoms. The molecule has 1 aliphatic rings. The van der Waals surface area contributed by atoms with Gasteiger partial charge in [0, 0.05) is 6.61 Å². The van der Waals surface area contributed by atoms with Crippen LogP contribution in [-0.4, -0.2) is 25.4 Å². The maximum Gasteiger partial charge on any atom is 0.107 e. The van der Waals surface area contributed by atoms with Gasteiger partial charge >= 0.3 is 0 Å². The van der Waals surface area contributed by atoms with Crippen molar-refractivity contribution in [3.63, 3.8) is 0 Å². The standard InChI is InChI=1S/C19H22O3/c1-3-7-16(8-4-1)13-20-15-19-18(11-12-21-19)22-14-17-9-5-2-6-10-17/h1-10,18-19H,11-15H2/t18-,19+/m0/s1. The Hall–Kier alpha value is -1.68. The van der Waals surface area contributed by atoms with Gasteiger partial charge in [0.2, 0.25) is 0 Å². The monoisotopic (exact) mass is 298 g/mol. The van der Waals surface area contributed by atoms with Gasteiger partial charge in [-0.1, -0.05) is 60.7 Å². The minimum atomic E-state index is 0.0347. The molecule has 1 heterocycles. The minimum Gasteiger partial charge on any atom is -0.374 e. The van der Waals surface area contributed by atoms with Gasteiger partial charge in [0.05, 0.1) is 25.9 Å². The molecule has 0 aliphatic carbocycles. The van der Waals surface area contributed by atoms with Crippen molar-refractivity contribution >= 4 is 0 Å². The molecule has 116 valence electrons. The Kier molecular flexibility index (Phi) is 5.59. The summed E-state index contributed by atoms with van der Waals surface area (Å²) >= 11 is 0. The van der Waals surface area contributed by atoms with Crippen LogP contribution in [0.5, 0.6) is 0 Å². The summed E-state index contributed by atoms with van der Waals surface area (Å²) in [4.78, 5) is 0. The van der Waals surface area contributed by atoms with Crippen molar-refractivity contribution < 1.29 is 14.2 Å². The van der Waals surface area contributed by atoms with E-state index in [9.17, 15) is 0 Å². The van der Waals surface area contributed by atoms with E-state index in [2.05, 4.69) is 24.3 Å². The third-order valence-electron chi connectivity index (χ3n) is 3.85. The van der Waals surface area contributed by atoms with Crippen LogP contribution < -0.4 is 0 Å². The molecule has 2 aromatic carbocycles. The average molecular weight is 298 g/mol. The Morgan fingerprint density at radius 2 is 1.50 bits per heavy atom. The van der Waals surface area contributed by atoms with Crippen LogP contribution in [-0.2, 0) is 27.4 Å². The molecule has 0 radical (unpaired) electrons. The largest absolute Gasteiger partial charge is 0.374 e. The fourth-order valence-corrected chi connectivity index (χ4v) is 2.62. The van der Waals surface area contributed by atoms with Crippen LogP contribution in [0.1, 0.15) is 17.5 Å². The first kappa shape index (κ1) is 15.2. The summed E-state index contributed by atoms with van der Waals surface area (Å²) in [7, 11) is 0. The van der Waals surface area contributed by atoms with Crippen molar-refractivity contribution in [2.24, 2.45) is 0 Å². The molecule has 2 atom stereocenters. The zero-order valence-electron chi connectivity index (χ0n) is 12.7. The summed E-state index contributed by atoms with van der Waals surface area (Å²) in [5, 5.41) is 0. The topological polar surface area (TPSA) is 27.7 Å². The SMILES string of the molecule is c1ccc(COC[C@H]2OCC[C@@H]2OCc2ccccc2)cc1. The zero-order valence-corrected chi connectivity index (χ0v) is 12.7. The van der Waals surface area contributed by atoms with Crippen LogP contribution >= 0.6 is 0 Å². The van der Waals surface area contributed by atoms with E-state index in [-0.39, 0.29) is 12.2 Å².